The molecule has 1 aromatic heterocycles. The Labute approximate surface area is 126 Å². The number of aromatic nitrogens is 3. The van der Waals surface area contributed by atoms with Crippen LogP contribution >= 0.6 is 0 Å². The molecule has 0 aliphatic carbocycles. The number of aromatic hydroxyl groups is 1. The van der Waals surface area contributed by atoms with Crippen LogP contribution in [0.4, 0.5) is 0 Å². The zero-order valence-electron chi connectivity index (χ0n) is 11.8. The highest BCUT2D eigenvalue weighted by atomic mass is 16.5. The normalized spacial score (nSPS) is 11.1. The molecule has 0 radical (unpaired) electrons. The molecule has 1 heterocycles. The van der Waals surface area contributed by atoms with Crippen LogP contribution in [0.25, 0.3) is 16.7 Å². The molecule has 0 aliphatic rings. The van der Waals surface area contributed by atoms with Crippen LogP contribution in [0.5, 0.6) is 11.5 Å². The Balaban J connectivity index is 2.00. The van der Waals surface area contributed by atoms with Crippen LogP contribution in [-0.2, 0) is 4.79 Å². The molecule has 0 saturated heterocycles. The zero-order valence-corrected chi connectivity index (χ0v) is 11.8. The summed E-state index contributed by atoms with van der Waals surface area (Å²) in [5.41, 5.74) is 1.75. The first-order valence-corrected chi connectivity index (χ1v) is 6.67. The number of ether oxygens (including phenoxy) is 1. The lowest BCUT2D eigenvalue weighted by molar-refractivity contribution is -0.129. The van der Waals surface area contributed by atoms with E-state index < -0.39 is 5.97 Å². The molecule has 110 valence electrons. The molecular weight excluding hydrogens is 282 g/mol. The highest BCUT2D eigenvalue weighted by Gasteiger charge is 2.11. The van der Waals surface area contributed by atoms with E-state index in [4.69, 9.17) is 4.74 Å². The number of rotatable bonds is 3. The largest absolute Gasteiger partial charge is 0.506 e. The molecule has 0 bridgehead atoms. The van der Waals surface area contributed by atoms with Gasteiger partial charge in [0.2, 0.25) is 0 Å². The lowest BCUT2D eigenvalue weighted by Crippen LogP contribution is -2.05. The first kappa shape index (κ1) is 13.8. The summed E-state index contributed by atoms with van der Waals surface area (Å²) in [4.78, 5) is 12.8. The predicted octanol–water partition coefficient (Wildman–Crippen LogP) is 2.61. The summed E-state index contributed by atoms with van der Waals surface area (Å²) >= 11 is 0. The van der Waals surface area contributed by atoms with E-state index in [2.05, 4.69) is 10.2 Å². The monoisotopic (exact) mass is 295 g/mol. The van der Waals surface area contributed by atoms with Crippen LogP contribution in [0.1, 0.15) is 6.92 Å². The Hall–Kier alpha value is -3.15. The Bertz CT molecular complexity index is 835. The van der Waals surface area contributed by atoms with E-state index >= 15 is 0 Å². The molecule has 0 spiro atoms. The van der Waals surface area contributed by atoms with Gasteiger partial charge in [-0.15, -0.1) is 15.0 Å². The van der Waals surface area contributed by atoms with Gasteiger partial charge in [0.1, 0.15) is 28.2 Å². The van der Waals surface area contributed by atoms with Gasteiger partial charge in [-0.2, -0.15) is 0 Å². The molecule has 6 nitrogen and oxygen atoms in total. The van der Waals surface area contributed by atoms with E-state index in [1.165, 1.54) is 29.1 Å². The smallest absolute Gasteiger partial charge is 0.335 e. The van der Waals surface area contributed by atoms with Crippen molar-refractivity contribution in [2.24, 2.45) is 0 Å². The fourth-order valence-electron chi connectivity index (χ4n) is 1.98. The van der Waals surface area contributed by atoms with Gasteiger partial charge in [0, 0.05) is 12.1 Å². The van der Waals surface area contributed by atoms with Crippen molar-refractivity contribution in [1.82, 2.24) is 15.0 Å². The van der Waals surface area contributed by atoms with Crippen molar-refractivity contribution < 1.29 is 14.6 Å². The molecule has 0 atom stereocenters. The maximum Gasteiger partial charge on any atom is 0.335 e. The minimum absolute atomic E-state index is 0.00820. The third-order valence-electron chi connectivity index (χ3n) is 2.97. The SMILES string of the molecule is CC=CC(=O)Oc1ccc(O)c(-n2nc3ccccc3n2)c1. The molecule has 22 heavy (non-hydrogen) atoms. The lowest BCUT2D eigenvalue weighted by Gasteiger charge is -2.06. The van der Waals surface area contributed by atoms with E-state index in [0.29, 0.717) is 22.5 Å². The number of nitrogens with zero attached hydrogens (tertiary/aromatic N) is 3. The molecule has 2 aromatic carbocycles. The van der Waals surface area contributed by atoms with E-state index in [1.54, 1.807) is 13.0 Å². The third-order valence-corrected chi connectivity index (χ3v) is 2.97. The Morgan fingerprint density at radius 3 is 2.50 bits per heavy atom. The summed E-state index contributed by atoms with van der Waals surface area (Å²) in [6.45, 7) is 1.72. The van der Waals surface area contributed by atoms with Gasteiger partial charge in [-0.25, -0.2) is 4.79 Å². The molecule has 6 heteroatoms. The number of hydrogen-bond donors (Lipinski definition) is 1. The number of phenolic OH excluding ortho intramolecular Hbond substituents is 1. The average molecular weight is 295 g/mol. The molecule has 0 unspecified atom stereocenters. The van der Waals surface area contributed by atoms with E-state index in [1.807, 2.05) is 24.3 Å². The van der Waals surface area contributed by atoms with E-state index in [9.17, 15) is 9.90 Å². The number of esters is 1. The third kappa shape index (κ3) is 2.67. The lowest BCUT2D eigenvalue weighted by atomic mass is 10.3. The average Bonchev–Trinajstić information content (AvgIpc) is 2.93. The van der Waals surface area contributed by atoms with Gasteiger partial charge in [-0.05, 0) is 31.2 Å². The topological polar surface area (TPSA) is 77.2 Å². The van der Waals surface area contributed by atoms with Crippen LogP contribution in [0.15, 0.2) is 54.6 Å². The zero-order chi connectivity index (χ0) is 15.5. The first-order chi connectivity index (χ1) is 10.7. The highest BCUT2D eigenvalue weighted by molar-refractivity contribution is 5.84. The molecule has 0 saturated carbocycles. The van der Waals surface area contributed by atoms with Gasteiger partial charge >= 0.3 is 5.97 Å². The number of carbonyl (C=O) groups is 1. The summed E-state index contributed by atoms with van der Waals surface area (Å²) in [5.74, 6) is -0.193. The van der Waals surface area contributed by atoms with Crippen molar-refractivity contribution >= 4 is 17.0 Å². The number of allylic oxidation sites excluding steroid dienone is 1. The molecule has 0 fully saturated rings. The van der Waals surface area contributed by atoms with E-state index in [-0.39, 0.29) is 5.75 Å². The van der Waals surface area contributed by atoms with Crippen molar-refractivity contribution in [1.29, 1.82) is 0 Å². The summed E-state index contributed by atoms with van der Waals surface area (Å²) in [6, 6.07) is 11.8. The first-order valence-electron chi connectivity index (χ1n) is 6.67. The standard InChI is InChI=1S/C16H13N3O3/c1-2-5-16(21)22-11-8-9-15(20)14(10-11)19-17-12-6-3-4-7-13(12)18-19/h2-10,20H,1H3. The number of benzene rings is 2. The van der Waals surface area contributed by atoms with Crippen molar-refractivity contribution in [3.8, 4) is 17.2 Å². The van der Waals surface area contributed by atoms with E-state index in [0.717, 1.165) is 0 Å². The summed E-state index contributed by atoms with van der Waals surface area (Å²) < 4.78 is 5.14. The Morgan fingerprint density at radius 2 is 1.86 bits per heavy atom. The predicted molar refractivity (Wildman–Crippen MR) is 81.0 cm³/mol. The van der Waals surface area contributed by atoms with Gasteiger partial charge in [0.15, 0.2) is 0 Å². The van der Waals surface area contributed by atoms with Gasteiger partial charge in [-0.3, -0.25) is 0 Å². The van der Waals surface area contributed by atoms with Crippen LogP contribution in [0.3, 0.4) is 0 Å². The van der Waals surface area contributed by atoms with Crippen molar-refractivity contribution in [2.45, 2.75) is 6.92 Å². The second kappa shape index (κ2) is 5.69. The van der Waals surface area contributed by atoms with Crippen LogP contribution < -0.4 is 4.74 Å². The van der Waals surface area contributed by atoms with Crippen molar-refractivity contribution in [3.63, 3.8) is 0 Å². The molecule has 1 N–H and O–H groups in total. The highest BCUT2D eigenvalue weighted by Crippen LogP contribution is 2.26. The molecule has 3 rings (SSSR count). The second-order valence-corrected chi connectivity index (χ2v) is 4.55. The minimum atomic E-state index is -0.488. The molecule has 0 aliphatic heterocycles. The van der Waals surface area contributed by atoms with Crippen LogP contribution in [0, 0.1) is 0 Å². The van der Waals surface area contributed by atoms with Crippen molar-refractivity contribution in [3.05, 3.63) is 54.6 Å². The van der Waals surface area contributed by atoms with Crippen molar-refractivity contribution in [2.75, 3.05) is 0 Å². The van der Waals surface area contributed by atoms with Gasteiger partial charge in [0.05, 0.1) is 0 Å². The fourth-order valence-corrected chi connectivity index (χ4v) is 1.98. The number of hydrogen-bond acceptors (Lipinski definition) is 5. The number of fused-ring (bicyclic) bond motifs is 1. The molecular formula is C16H13N3O3. The number of carbonyl (C=O) groups excluding carboxylic acids is 1. The van der Waals surface area contributed by atoms with Gasteiger partial charge in [-0.1, -0.05) is 18.2 Å². The second-order valence-electron chi connectivity index (χ2n) is 4.55. The summed E-state index contributed by atoms with van der Waals surface area (Å²) in [5, 5.41) is 18.6. The maximum atomic E-state index is 11.5. The molecule has 0 amide bonds. The maximum absolute atomic E-state index is 11.5. The summed E-state index contributed by atoms with van der Waals surface area (Å²) in [6.07, 6.45) is 2.90. The van der Waals surface area contributed by atoms with Gasteiger partial charge < -0.3 is 9.84 Å². The van der Waals surface area contributed by atoms with Gasteiger partial charge in [0.25, 0.3) is 0 Å². The Kier molecular flexibility index (Phi) is 3.57. The van der Waals surface area contributed by atoms with Crippen LogP contribution in [-0.4, -0.2) is 26.1 Å². The Morgan fingerprint density at radius 1 is 1.18 bits per heavy atom. The minimum Gasteiger partial charge on any atom is -0.506 e. The van der Waals surface area contributed by atoms with Crippen LogP contribution in [0.2, 0.25) is 0 Å². The molecule has 3 aromatic rings. The quantitative estimate of drug-likeness (QED) is 0.456. The summed E-state index contributed by atoms with van der Waals surface area (Å²) in [7, 11) is 0. The number of phenols is 1. The fraction of sp³-hybridized carbons (Fsp3) is 0.0625.